The number of aliphatic hydroxyl groups excluding tert-OH is 1. The highest BCUT2D eigenvalue weighted by molar-refractivity contribution is 7.98. The van der Waals surface area contributed by atoms with Crippen molar-refractivity contribution in [3.63, 3.8) is 0 Å². The first-order chi connectivity index (χ1) is 8.31. The summed E-state index contributed by atoms with van der Waals surface area (Å²) in [6.45, 7) is 1.81. The van der Waals surface area contributed by atoms with E-state index in [1.807, 2.05) is 0 Å². The van der Waals surface area contributed by atoms with E-state index in [4.69, 9.17) is 5.73 Å². The van der Waals surface area contributed by atoms with Gasteiger partial charge in [-0.05, 0) is 31.2 Å². The Balaban J connectivity index is 2.37. The minimum atomic E-state index is 0.230. The fourth-order valence-corrected chi connectivity index (χ4v) is 3.21. The molecular weight excluding hydrogens is 232 g/mol. The van der Waals surface area contributed by atoms with E-state index in [0.717, 1.165) is 19.4 Å². The van der Waals surface area contributed by atoms with Crippen molar-refractivity contribution in [1.29, 1.82) is 0 Å². The molecular formula is C13H20N2OS. The fourth-order valence-electron chi connectivity index (χ4n) is 2.56. The highest BCUT2D eigenvalue weighted by Gasteiger charge is 2.25. The Morgan fingerprint density at radius 1 is 1.53 bits per heavy atom. The van der Waals surface area contributed by atoms with E-state index in [9.17, 15) is 5.11 Å². The number of benzene rings is 1. The quantitative estimate of drug-likeness (QED) is 0.803. The van der Waals surface area contributed by atoms with E-state index in [1.165, 1.54) is 16.1 Å². The molecule has 1 aliphatic heterocycles. The van der Waals surface area contributed by atoms with Crippen LogP contribution in [0, 0.1) is 0 Å². The van der Waals surface area contributed by atoms with Crippen molar-refractivity contribution in [2.75, 3.05) is 24.3 Å². The van der Waals surface area contributed by atoms with E-state index >= 15 is 0 Å². The van der Waals surface area contributed by atoms with Gasteiger partial charge in [0.25, 0.3) is 0 Å². The van der Waals surface area contributed by atoms with Gasteiger partial charge in [0.2, 0.25) is 0 Å². The predicted molar refractivity (Wildman–Crippen MR) is 73.6 cm³/mol. The van der Waals surface area contributed by atoms with Crippen LogP contribution in [0.5, 0.6) is 0 Å². The van der Waals surface area contributed by atoms with Crippen molar-refractivity contribution in [3.05, 3.63) is 23.8 Å². The summed E-state index contributed by atoms with van der Waals surface area (Å²) in [6.07, 6.45) is 4.30. The van der Waals surface area contributed by atoms with Crippen LogP contribution in [0.1, 0.15) is 18.4 Å². The van der Waals surface area contributed by atoms with E-state index in [2.05, 4.69) is 29.4 Å². The lowest BCUT2D eigenvalue weighted by atomic mass is 10.1. The Bertz CT molecular complexity index is 384. The van der Waals surface area contributed by atoms with E-state index in [0.29, 0.717) is 6.54 Å². The van der Waals surface area contributed by atoms with Gasteiger partial charge in [-0.3, -0.25) is 0 Å². The minimum Gasteiger partial charge on any atom is -0.394 e. The number of rotatable bonds is 4. The molecule has 1 aliphatic rings. The lowest BCUT2D eigenvalue weighted by molar-refractivity contribution is 0.266. The first-order valence-corrected chi connectivity index (χ1v) is 7.27. The Kier molecular flexibility index (Phi) is 4.31. The van der Waals surface area contributed by atoms with Gasteiger partial charge in [-0.25, -0.2) is 0 Å². The molecule has 1 fully saturated rings. The molecule has 0 saturated carbocycles. The Morgan fingerprint density at radius 3 is 3.00 bits per heavy atom. The fraction of sp³-hybridized carbons (Fsp3) is 0.538. The minimum absolute atomic E-state index is 0.230. The van der Waals surface area contributed by atoms with Gasteiger partial charge in [0.1, 0.15) is 0 Å². The highest BCUT2D eigenvalue weighted by Crippen LogP contribution is 2.33. The molecule has 1 saturated heterocycles. The summed E-state index contributed by atoms with van der Waals surface area (Å²) in [4.78, 5) is 3.55. The molecule has 0 spiro atoms. The average Bonchev–Trinajstić information content (AvgIpc) is 2.85. The molecule has 1 unspecified atom stereocenters. The molecule has 94 valence electrons. The molecule has 3 N–H and O–H groups in total. The van der Waals surface area contributed by atoms with Gasteiger partial charge >= 0.3 is 0 Å². The third-order valence-electron chi connectivity index (χ3n) is 3.43. The SMILES string of the molecule is CSc1cccc(N2CCCC2CO)c1CN. The second kappa shape index (κ2) is 5.76. The van der Waals surface area contributed by atoms with Crippen LogP contribution >= 0.6 is 11.8 Å². The molecule has 4 heteroatoms. The largest absolute Gasteiger partial charge is 0.394 e. The Hall–Kier alpha value is -0.710. The number of anilines is 1. The van der Waals surface area contributed by atoms with Crippen LogP contribution in [0.4, 0.5) is 5.69 Å². The Morgan fingerprint density at radius 2 is 2.35 bits per heavy atom. The van der Waals surface area contributed by atoms with Crippen LogP contribution in [-0.4, -0.2) is 30.6 Å². The van der Waals surface area contributed by atoms with Crippen LogP contribution in [0.25, 0.3) is 0 Å². The number of hydrogen-bond donors (Lipinski definition) is 2. The zero-order valence-corrected chi connectivity index (χ0v) is 11.0. The molecule has 0 aromatic heterocycles. The van der Waals surface area contributed by atoms with Gasteiger partial charge in [-0.15, -0.1) is 11.8 Å². The topological polar surface area (TPSA) is 49.5 Å². The van der Waals surface area contributed by atoms with Gasteiger partial charge in [0.15, 0.2) is 0 Å². The predicted octanol–water partition coefficient (Wildman–Crippen LogP) is 1.83. The standard InChI is InChI=1S/C13H20N2OS/c1-17-13-6-2-5-12(11(13)8-14)15-7-3-4-10(15)9-16/h2,5-6,10,16H,3-4,7-9,14H2,1H3. The van der Waals surface area contributed by atoms with Crippen molar-refractivity contribution in [2.45, 2.75) is 30.3 Å². The van der Waals surface area contributed by atoms with E-state index in [-0.39, 0.29) is 12.6 Å². The monoisotopic (exact) mass is 252 g/mol. The molecule has 0 amide bonds. The maximum absolute atomic E-state index is 9.41. The average molecular weight is 252 g/mol. The molecule has 1 aromatic carbocycles. The molecule has 0 aliphatic carbocycles. The third kappa shape index (κ3) is 2.44. The second-order valence-corrected chi connectivity index (χ2v) is 5.18. The smallest absolute Gasteiger partial charge is 0.0635 e. The molecule has 1 heterocycles. The van der Waals surface area contributed by atoms with Crippen molar-refractivity contribution < 1.29 is 5.11 Å². The first-order valence-electron chi connectivity index (χ1n) is 6.05. The van der Waals surface area contributed by atoms with E-state index in [1.54, 1.807) is 11.8 Å². The third-order valence-corrected chi connectivity index (χ3v) is 4.25. The summed E-state index contributed by atoms with van der Waals surface area (Å²) in [5.74, 6) is 0. The second-order valence-electron chi connectivity index (χ2n) is 4.33. The molecule has 0 bridgehead atoms. The molecule has 2 rings (SSSR count). The van der Waals surface area contributed by atoms with E-state index < -0.39 is 0 Å². The molecule has 1 aromatic rings. The molecule has 0 radical (unpaired) electrons. The van der Waals surface area contributed by atoms with Gasteiger partial charge in [-0.2, -0.15) is 0 Å². The summed E-state index contributed by atoms with van der Waals surface area (Å²) in [5, 5.41) is 9.41. The first kappa shape index (κ1) is 12.7. The summed E-state index contributed by atoms with van der Waals surface area (Å²) < 4.78 is 0. The van der Waals surface area contributed by atoms with Crippen LogP contribution in [0.3, 0.4) is 0 Å². The van der Waals surface area contributed by atoms with Crippen molar-refractivity contribution in [3.8, 4) is 0 Å². The molecule has 17 heavy (non-hydrogen) atoms. The maximum atomic E-state index is 9.41. The molecule has 1 atom stereocenters. The van der Waals surface area contributed by atoms with Crippen LogP contribution in [0.15, 0.2) is 23.1 Å². The van der Waals surface area contributed by atoms with Gasteiger partial charge < -0.3 is 15.7 Å². The maximum Gasteiger partial charge on any atom is 0.0635 e. The normalized spacial score (nSPS) is 19.9. The van der Waals surface area contributed by atoms with Crippen molar-refractivity contribution in [1.82, 2.24) is 0 Å². The summed E-state index contributed by atoms with van der Waals surface area (Å²) in [7, 11) is 0. The lowest BCUT2D eigenvalue weighted by Gasteiger charge is -2.28. The summed E-state index contributed by atoms with van der Waals surface area (Å²) in [5.41, 5.74) is 8.29. The number of hydrogen-bond acceptors (Lipinski definition) is 4. The number of nitrogens with two attached hydrogens (primary N) is 1. The number of nitrogens with zero attached hydrogens (tertiary/aromatic N) is 1. The van der Waals surface area contributed by atoms with Crippen molar-refractivity contribution in [2.24, 2.45) is 5.73 Å². The number of aliphatic hydroxyl groups is 1. The highest BCUT2D eigenvalue weighted by atomic mass is 32.2. The Labute approximate surface area is 107 Å². The molecule has 3 nitrogen and oxygen atoms in total. The zero-order valence-electron chi connectivity index (χ0n) is 10.2. The van der Waals surface area contributed by atoms with Crippen LogP contribution in [-0.2, 0) is 6.54 Å². The van der Waals surface area contributed by atoms with Crippen LogP contribution in [0.2, 0.25) is 0 Å². The lowest BCUT2D eigenvalue weighted by Crippen LogP contribution is -2.33. The zero-order chi connectivity index (χ0) is 12.3. The van der Waals surface area contributed by atoms with Gasteiger partial charge in [0.05, 0.1) is 12.6 Å². The summed E-state index contributed by atoms with van der Waals surface area (Å²) in [6, 6.07) is 6.57. The van der Waals surface area contributed by atoms with Gasteiger partial charge in [-0.1, -0.05) is 6.07 Å². The van der Waals surface area contributed by atoms with Crippen LogP contribution < -0.4 is 10.6 Å². The summed E-state index contributed by atoms with van der Waals surface area (Å²) >= 11 is 1.73. The number of thioether (sulfide) groups is 1. The van der Waals surface area contributed by atoms with Crippen molar-refractivity contribution >= 4 is 17.4 Å². The van der Waals surface area contributed by atoms with Gasteiger partial charge in [0, 0.05) is 29.2 Å².